The van der Waals surface area contributed by atoms with E-state index in [1.807, 2.05) is 54.6 Å². The number of benzene rings is 2. The Hall–Kier alpha value is -3.34. The molecular weight excluding hydrogens is 422 g/mol. The van der Waals surface area contributed by atoms with Gasteiger partial charge in [0, 0.05) is 29.7 Å². The van der Waals surface area contributed by atoms with Gasteiger partial charge in [-0.25, -0.2) is 0 Å². The second-order valence-electron chi connectivity index (χ2n) is 8.60. The van der Waals surface area contributed by atoms with Gasteiger partial charge >= 0.3 is 0 Å². The van der Waals surface area contributed by atoms with Gasteiger partial charge in [0.05, 0.1) is 5.69 Å². The Morgan fingerprint density at radius 2 is 1.88 bits per heavy atom. The summed E-state index contributed by atoms with van der Waals surface area (Å²) in [6, 6.07) is 19.5. The van der Waals surface area contributed by atoms with Gasteiger partial charge in [-0.2, -0.15) is 0 Å². The number of rotatable bonds is 13. The molecule has 0 aliphatic heterocycles. The summed E-state index contributed by atoms with van der Waals surface area (Å²) in [5.41, 5.74) is 4.61. The second kappa shape index (κ2) is 13.4. The number of hydrogen-bond acceptors (Lipinski definition) is 4. The summed E-state index contributed by atoms with van der Waals surface area (Å²) in [7, 11) is 0. The highest BCUT2D eigenvalue weighted by molar-refractivity contribution is 5.95. The fourth-order valence-corrected chi connectivity index (χ4v) is 4.06. The van der Waals surface area contributed by atoms with E-state index in [1.54, 1.807) is 6.20 Å². The molecule has 0 aliphatic carbocycles. The Balaban J connectivity index is 1.60. The third kappa shape index (κ3) is 7.62. The molecule has 34 heavy (non-hydrogen) atoms. The number of aromatic nitrogens is 1. The van der Waals surface area contributed by atoms with Crippen LogP contribution in [0.3, 0.4) is 0 Å². The van der Waals surface area contributed by atoms with Crippen molar-refractivity contribution >= 4 is 17.3 Å². The molecule has 1 aromatic heterocycles. The van der Waals surface area contributed by atoms with Crippen molar-refractivity contribution < 1.29 is 9.53 Å². The molecule has 1 unspecified atom stereocenters. The largest absolute Gasteiger partial charge is 0.487 e. The first-order chi connectivity index (χ1) is 16.6. The average molecular weight is 460 g/mol. The molecule has 0 saturated heterocycles. The van der Waals surface area contributed by atoms with Crippen LogP contribution in [0.15, 0.2) is 66.9 Å². The Morgan fingerprint density at radius 3 is 2.62 bits per heavy atom. The summed E-state index contributed by atoms with van der Waals surface area (Å²) in [6.45, 7) is 7.71. The molecule has 2 aromatic carbocycles. The molecule has 1 atom stereocenters. The lowest BCUT2D eigenvalue weighted by Crippen LogP contribution is -2.26. The molecule has 1 heterocycles. The molecule has 1 amide bonds. The van der Waals surface area contributed by atoms with E-state index in [2.05, 4.69) is 42.5 Å². The first-order valence-corrected chi connectivity index (χ1v) is 12.4. The van der Waals surface area contributed by atoms with Gasteiger partial charge in [-0.3, -0.25) is 9.78 Å². The van der Waals surface area contributed by atoms with E-state index in [1.165, 1.54) is 12.8 Å². The number of hydrogen-bond donors (Lipinski definition) is 2. The van der Waals surface area contributed by atoms with E-state index in [0.717, 1.165) is 54.2 Å². The molecule has 0 fully saturated rings. The lowest BCUT2D eigenvalue weighted by atomic mass is 9.97. The van der Waals surface area contributed by atoms with Gasteiger partial charge in [-0.05, 0) is 72.9 Å². The highest BCUT2D eigenvalue weighted by Gasteiger charge is 2.10. The number of ether oxygens (including phenoxy) is 1. The van der Waals surface area contributed by atoms with Crippen molar-refractivity contribution in [3.8, 4) is 5.75 Å². The number of carbonyl (C=O) groups excluding carboxylic acids is 1. The molecule has 5 heteroatoms. The first kappa shape index (κ1) is 25.3. The van der Waals surface area contributed by atoms with Crippen molar-refractivity contribution in [2.24, 2.45) is 5.92 Å². The Bertz CT molecular complexity index is 1040. The minimum atomic E-state index is -0.0241. The van der Waals surface area contributed by atoms with Crippen molar-refractivity contribution in [1.82, 2.24) is 10.3 Å². The molecule has 5 nitrogen and oxygen atoms in total. The minimum absolute atomic E-state index is 0.0241. The Morgan fingerprint density at radius 1 is 1.00 bits per heavy atom. The van der Waals surface area contributed by atoms with Crippen LogP contribution < -0.4 is 15.4 Å². The molecule has 0 bridgehead atoms. The number of anilines is 2. The van der Waals surface area contributed by atoms with Crippen molar-refractivity contribution in [3.05, 3.63) is 83.7 Å². The molecule has 0 saturated carbocycles. The number of nitrogens with zero attached hydrogens (tertiary/aromatic N) is 1. The predicted octanol–water partition coefficient (Wildman–Crippen LogP) is 6.91. The lowest BCUT2D eigenvalue weighted by Gasteiger charge is -2.15. The smallest absolute Gasteiger partial charge is 0.251 e. The van der Waals surface area contributed by atoms with Crippen LogP contribution in [0.1, 0.15) is 68.1 Å². The maximum Gasteiger partial charge on any atom is 0.251 e. The molecule has 0 spiro atoms. The molecule has 180 valence electrons. The maximum absolute atomic E-state index is 12.7. The third-order valence-electron chi connectivity index (χ3n) is 6.09. The molecule has 0 radical (unpaired) electrons. The number of amides is 1. The van der Waals surface area contributed by atoms with Gasteiger partial charge in [0.15, 0.2) is 0 Å². The zero-order chi connectivity index (χ0) is 24.2. The van der Waals surface area contributed by atoms with Crippen LogP contribution in [-0.2, 0) is 13.0 Å². The van der Waals surface area contributed by atoms with Crippen molar-refractivity contribution in [3.63, 3.8) is 0 Å². The summed E-state index contributed by atoms with van der Waals surface area (Å²) in [6.07, 6.45) is 7.24. The van der Waals surface area contributed by atoms with Crippen LogP contribution in [0.2, 0.25) is 0 Å². The van der Waals surface area contributed by atoms with Crippen LogP contribution in [0, 0.1) is 5.92 Å². The highest BCUT2D eigenvalue weighted by Crippen LogP contribution is 2.27. The van der Waals surface area contributed by atoms with Crippen LogP contribution >= 0.6 is 0 Å². The Labute approximate surface area is 204 Å². The molecule has 0 aliphatic rings. The quantitative estimate of drug-likeness (QED) is 0.291. The van der Waals surface area contributed by atoms with Crippen molar-refractivity contribution in [1.29, 1.82) is 0 Å². The van der Waals surface area contributed by atoms with Gasteiger partial charge in [0.1, 0.15) is 12.4 Å². The predicted molar refractivity (Wildman–Crippen MR) is 140 cm³/mol. The number of aryl methyl sites for hydroxylation is 1. The summed E-state index contributed by atoms with van der Waals surface area (Å²) in [4.78, 5) is 17.0. The first-order valence-electron chi connectivity index (χ1n) is 12.4. The monoisotopic (exact) mass is 459 g/mol. The summed E-state index contributed by atoms with van der Waals surface area (Å²) in [5.74, 6) is 1.47. The lowest BCUT2D eigenvalue weighted by molar-refractivity contribution is 0.0951. The number of pyridine rings is 1. The van der Waals surface area contributed by atoms with E-state index in [0.29, 0.717) is 18.1 Å². The van der Waals surface area contributed by atoms with Crippen LogP contribution in [-0.4, -0.2) is 17.4 Å². The summed E-state index contributed by atoms with van der Waals surface area (Å²) >= 11 is 0. The number of carbonyl (C=O) groups is 1. The number of nitrogens with one attached hydrogen (secondary N) is 2. The van der Waals surface area contributed by atoms with Gasteiger partial charge in [0.25, 0.3) is 5.91 Å². The molecule has 3 rings (SSSR count). The van der Waals surface area contributed by atoms with Crippen molar-refractivity contribution in [2.45, 2.75) is 59.5 Å². The van der Waals surface area contributed by atoms with Gasteiger partial charge in [-0.15, -0.1) is 0 Å². The Kier molecular flexibility index (Phi) is 9.96. The van der Waals surface area contributed by atoms with Gasteiger partial charge < -0.3 is 15.4 Å². The molecule has 2 N–H and O–H groups in total. The zero-order valence-corrected chi connectivity index (χ0v) is 20.6. The minimum Gasteiger partial charge on any atom is -0.487 e. The van der Waals surface area contributed by atoms with E-state index < -0.39 is 0 Å². The second-order valence-corrected chi connectivity index (χ2v) is 8.60. The molecule has 3 aromatic rings. The summed E-state index contributed by atoms with van der Waals surface area (Å²) in [5, 5.41) is 6.55. The standard InChI is InChI=1S/C29H37N3O2/c1-4-10-22(5-2)16-18-31-29(33)24-11-9-13-25(19-24)32-28-15-14-27(20-23(28)6-3)34-21-26-12-7-8-17-30-26/h7-9,11-15,17,19-20,22,32H,4-6,10,16,18,21H2,1-3H3,(H,31,33). The van der Waals surface area contributed by atoms with Gasteiger partial charge in [-0.1, -0.05) is 52.2 Å². The summed E-state index contributed by atoms with van der Waals surface area (Å²) < 4.78 is 5.92. The van der Waals surface area contributed by atoms with E-state index >= 15 is 0 Å². The molecular formula is C29H37N3O2. The van der Waals surface area contributed by atoms with E-state index in [-0.39, 0.29) is 5.91 Å². The fourth-order valence-electron chi connectivity index (χ4n) is 4.06. The van der Waals surface area contributed by atoms with Crippen LogP contribution in [0.5, 0.6) is 5.75 Å². The van der Waals surface area contributed by atoms with Gasteiger partial charge in [0.2, 0.25) is 0 Å². The third-order valence-corrected chi connectivity index (χ3v) is 6.09. The van der Waals surface area contributed by atoms with Crippen LogP contribution in [0.25, 0.3) is 0 Å². The highest BCUT2D eigenvalue weighted by atomic mass is 16.5. The van der Waals surface area contributed by atoms with E-state index in [4.69, 9.17) is 4.74 Å². The zero-order valence-electron chi connectivity index (χ0n) is 20.6. The SMILES string of the molecule is CCCC(CC)CCNC(=O)c1cccc(Nc2ccc(OCc3ccccn3)cc2CC)c1. The average Bonchev–Trinajstić information content (AvgIpc) is 2.88. The van der Waals surface area contributed by atoms with E-state index in [9.17, 15) is 4.79 Å². The maximum atomic E-state index is 12.7. The van der Waals surface area contributed by atoms with Crippen molar-refractivity contribution in [2.75, 3.05) is 11.9 Å². The normalized spacial score (nSPS) is 11.6. The fraction of sp³-hybridized carbons (Fsp3) is 0.379. The topological polar surface area (TPSA) is 63.2 Å². The van der Waals surface area contributed by atoms with Crippen LogP contribution in [0.4, 0.5) is 11.4 Å².